The van der Waals surface area contributed by atoms with Gasteiger partial charge in [0, 0.05) is 31.9 Å². The largest absolute Gasteiger partial charge is 0.479 e. The maximum atomic E-state index is 10.4. The van der Waals surface area contributed by atoms with Gasteiger partial charge in [-0.1, -0.05) is 17.3 Å². The maximum Gasteiger partial charge on any atom is 0.344 e. The summed E-state index contributed by atoms with van der Waals surface area (Å²) in [5.74, 6) is -0.462. The van der Waals surface area contributed by atoms with Gasteiger partial charge < -0.3 is 31.2 Å². The van der Waals surface area contributed by atoms with Crippen LogP contribution in [-0.2, 0) is 9.63 Å². The molecule has 1 aliphatic heterocycles. The number of nitrogens with zero attached hydrogens (tertiary/aromatic N) is 5. The second-order valence-corrected chi connectivity index (χ2v) is 6.37. The number of nitrogen functional groups attached to an aromatic ring is 2. The van der Waals surface area contributed by atoms with Gasteiger partial charge in [0.25, 0.3) is 0 Å². The predicted molar refractivity (Wildman–Crippen MR) is 108 cm³/mol. The number of oxime groups is 1. The molecule has 10 nitrogen and oxygen atoms in total. The van der Waals surface area contributed by atoms with Crippen molar-refractivity contribution in [3.8, 4) is 0 Å². The van der Waals surface area contributed by atoms with E-state index >= 15 is 0 Å². The third-order valence-electron chi connectivity index (χ3n) is 4.42. The van der Waals surface area contributed by atoms with E-state index in [1.165, 1.54) is 6.21 Å². The van der Waals surface area contributed by atoms with Gasteiger partial charge in [-0.3, -0.25) is 0 Å². The molecule has 1 aromatic carbocycles. The molecule has 0 aliphatic carbocycles. The van der Waals surface area contributed by atoms with Crippen molar-refractivity contribution in [2.75, 3.05) is 54.1 Å². The molecular formula is C18H23N7O3. The van der Waals surface area contributed by atoms with E-state index in [1.807, 2.05) is 31.2 Å². The lowest BCUT2D eigenvalue weighted by molar-refractivity contribution is -0.142. The van der Waals surface area contributed by atoms with Crippen molar-refractivity contribution in [3.05, 3.63) is 35.5 Å². The van der Waals surface area contributed by atoms with Crippen molar-refractivity contribution in [2.45, 2.75) is 6.92 Å². The summed E-state index contributed by atoms with van der Waals surface area (Å²) in [4.78, 5) is 27.8. The number of piperazine rings is 1. The summed E-state index contributed by atoms with van der Waals surface area (Å²) in [6.07, 6.45) is 1.48. The van der Waals surface area contributed by atoms with E-state index in [0.717, 1.165) is 48.8 Å². The summed E-state index contributed by atoms with van der Waals surface area (Å²) in [5, 5.41) is 12.1. The second kappa shape index (κ2) is 8.42. The molecule has 3 rings (SSSR count). The lowest BCUT2D eigenvalue weighted by atomic mass is 10.2. The third kappa shape index (κ3) is 4.58. The molecule has 28 heavy (non-hydrogen) atoms. The minimum Gasteiger partial charge on any atom is -0.479 e. The second-order valence-electron chi connectivity index (χ2n) is 6.37. The number of hydrogen-bond acceptors (Lipinski definition) is 9. The summed E-state index contributed by atoms with van der Waals surface area (Å²) in [6.45, 7) is 4.68. The first kappa shape index (κ1) is 19.2. The average Bonchev–Trinajstić information content (AvgIpc) is 2.65. The van der Waals surface area contributed by atoms with Crippen molar-refractivity contribution in [3.63, 3.8) is 0 Å². The first-order valence-electron chi connectivity index (χ1n) is 8.80. The van der Waals surface area contributed by atoms with Gasteiger partial charge >= 0.3 is 5.97 Å². The van der Waals surface area contributed by atoms with Gasteiger partial charge in [0.05, 0.1) is 11.9 Å². The summed E-state index contributed by atoms with van der Waals surface area (Å²) >= 11 is 0. The SMILES string of the molecule is Cc1nc(N)nc(N)c1N1CCN(c2ccc(/C=N/OCC(=O)O)cc2)CC1. The highest BCUT2D eigenvalue weighted by molar-refractivity contribution is 5.80. The standard InChI is InChI=1S/C18H23N7O3/c1-12-16(17(19)23-18(20)22-12)25-8-6-24(7-9-25)14-4-2-13(3-5-14)10-21-28-11-15(26)27/h2-5,10H,6-9,11H2,1H3,(H,26,27)(H4,19,20,22,23)/b21-10+. The van der Waals surface area contributed by atoms with Crippen molar-refractivity contribution < 1.29 is 14.7 Å². The molecular weight excluding hydrogens is 362 g/mol. The summed E-state index contributed by atoms with van der Waals surface area (Å²) in [5.41, 5.74) is 15.2. The van der Waals surface area contributed by atoms with Crippen LogP contribution in [0.3, 0.4) is 0 Å². The molecule has 2 aromatic rings. The van der Waals surface area contributed by atoms with Crippen LogP contribution < -0.4 is 21.3 Å². The van der Waals surface area contributed by atoms with Crippen molar-refractivity contribution in [1.29, 1.82) is 0 Å². The summed E-state index contributed by atoms with van der Waals surface area (Å²) in [7, 11) is 0. The topological polar surface area (TPSA) is 143 Å². The van der Waals surface area contributed by atoms with Crippen LogP contribution in [0.5, 0.6) is 0 Å². The van der Waals surface area contributed by atoms with Crippen LogP contribution in [0.1, 0.15) is 11.3 Å². The molecule has 0 amide bonds. The molecule has 0 radical (unpaired) electrons. The summed E-state index contributed by atoms with van der Waals surface area (Å²) in [6, 6.07) is 7.82. The first-order chi connectivity index (χ1) is 13.4. The number of aliphatic carboxylic acids is 1. The van der Waals surface area contributed by atoms with Crippen LogP contribution >= 0.6 is 0 Å². The third-order valence-corrected chi connectivity index (χ3v) is 4.42. The van der Waals surface area contributed by atoms with Crippen LogP contribution in [0, 0.1) is 6.92 Å². The Kier molecular flexibility index (Phi) is 5.78. The fourth-order valence-corrected chi connectivity index (χ4v) is 3.15. The molecule has 10 heteroatoms. The van der Waals surface area contributed by atoms with Gasteiger partial charge in [-0.15, -0.1) is 0 Å². The van der Waals surface area contributed by atoms with Crippen LogP contribution in [0.25, 0.3) is 0 Å². The minimum absolute atomic E-state index is 0.189. The lowest BCUT2D eigenvalue weighted by Gasteiger charge is -2.38. The molecule has 0 unspecified atom stereocenters. The zero-order chi connectivity index (χ0) is 20.1. The van der Waals surface area contributed by atoms with Crippen molar-refractivity contribution in [2.24, 2.45) is 5.16 Å². The Morgan fingerprint density at radius 3 is 2.43 bits per heavy atom. The van der Waals surface area contributed by atoms with E-state index in [9.17, 15) is 4.79 Å². The van der Waals surface area contributed by atoms with E-state index in [0.29, 0.717) is 5.82 Å². The molecule has 1 aliphatic rings. The van der Waals surface area contributed by atoms with Crippen LogP contribution in [-0.4, -0.2) is 60.0 Å². The zero-order valence-corrected chi connectivity index (χ0v) is 15.6. The number of benzene rings is 1. The molecule has 148 valence electrons. The molecule has 1 saturated heterocycles. The molecule has 0 bridgehead atoms. The Balaban J connectivity index is 1.59. The van der Waals surface area contributed by atoms with E-state index in [4.69, 9.17) is 16.6 Å². The van der Waals surface area contributed by atoms with Crippen LogP contribution in [0.15, 0.2) is 29.4 Å². The normalized spacial score (nSPS) is 14.5. The monoisotopic (exact) mass is 385 g/mol. The number of anilines is 4. The number of carboxylic acids is 1. The Morgan fingerprint density at radius 2 is 1.82 bits per heavy atom. The van der Waals surface area contributed by atoms with Gasteiger partial charge in [0.15, 0.2) is 5.82 Å². The fourth-order valence-electron chi connectivity index (χ4n) is 3.15. The van der Waals surface area contributed by atoms with Gasteiger partial charge in [0.2, 0.25) is 12.6 Å². The Bertz CT molecular complexity index is 839. The molecule has 5 N–H and O–H groups in total. The van der Waals surface area contributed by atoms with Gasteiger partial charge in [0.1, 0.15) is 5.69 Å². The number of hydrogen-bond donors (Lipinski definition) is 3. The van der Waals surface area contributed by atoms with Crippen LogP contribution in [0.2, 0.25) is 0 Å². The highest BCUT2D eigenvalue weighted by atomic mass is 16.6. The maximum absolute atomic E-state index is 10.4. The van der Waals surface area contributed by atoms with Crippen molar-refractivity contribution >= 4 is 35.3 Å². The smallest absolute Gasteiger partial charge is 0.344 e. The zero-order valence-electron chi connectivity index (χ0n) is 15.6. The van der Waals surface area contributed by atoms with Crippen LogP contribution in [0.4, 0.5) is 23.1 Å². The molecule has 0 spiro atoms. The highest BCUT2D eigenvalue weighted by Gasteiger charge is 2.22. The van der Waals surface area contributed by atoms with E-state index in [2.05, 4.69) is 29.8 Å². The Hall–Kier alpha value is -3.56. The minimum atomic E-state index is -1.06. The van der Waals surface area contributed by atoms with Gasteiger partial charge in [-0.2, -0.15) is 4.98 Å². The van der Waals surface area contributed by atoms with Crippen molar-refractivity contribution in [1.82, 2.24) is 9.97 Å². The number of aromatic nitrogens is 2. The molecule has 1 aromatic heterocycles. The number of rotatable bonds is 6. The lowest BCUT2D eigenvalue weighted by Crippen LogP contribution is -2.47. The molecule has 2 heterocycles. The highest BCUT2D eigenvalue weighted by Crippen LogP contribution is 2.27. The fraction of sp³-hybridized carbons (Fsp3) is 0.333. The molecule has 1 fully saturated rings. The van der Waals surface area contributed by atoms with E-state index < -0.39 is 12.6 Å². The Labute approximate surface area is 162 Å². The number of nitrogens with two attached hydrogens (primary N) is 2. The average molecular weight is 385 g/mol. The first-order valence-corrected chi connectivity index (χ1v) is 8.80. The van der Waals surface area contributed by atoms with E-state index in [1.54, 1.807) is 0 Å². The predicted octanol–water partition coefficient (Wildman–Crippen LogP) is 0.711. The molecule has 0 saturated carbocycles. The van der Waals surface area contributed by atoms with Gasteiger partial charge in [-0.05, 0) is 24.6 Å². The quantitative estimate of drug-likeness (QED) is 0.484. The molecule has 0 atom stereocenters. The summed E-state index contributed by atoms with van der Waals surface area (Å²) < 4.78 is 0. The van der Waals surface area contributed by atoms with Gasteiger partial charge in [-0.25, -0.2) is 9.78 Å². The van der Waals surface area contributed by atoms with E-state index in [-0.39, 0.29) is 5.95 Å². The number of aryl methyl sites for hydroxylation is 1. The number of carboxylic acid groups (broad SMARTS) is 1. The Morgan fingerprint density at radius 1 is 1.18 bits per heavy atom. The number of carbonyl (C=O) groups is 1.